The maximum Gasteiger partial charge on any atom is 0.410 e. The van der Waals surface area contributed by atoms with Gasteiger partial charge in [-0.25, -0.2) is 4.79 Å². The second-order valence-corrected chi connectivity index (χ2v) is 13.3. The molecule has 0 saturated carbocycles. The lowest BCUT2D eigenvalue weighted by Crippen LogP contribution is -2.46. The van der Waals surface area contributed by atoms with E-state index in [1.54, 1.807) is 0 Å². The molecule has 2 aliphatic heterocycles. The first-order valence-electron chi connectivity index (χ1n) is 18.2. The Morgan fingerprint density at radius 2 is 1.26 bits per heavy atom. The zero-order chi connectivity index (χ0) is 34.9. The van der Waals surface area contributed by atoms with Gasteiger partial charge >= 0.3 is 6.09 Å². The SMILES string of the molecule is CC(C)OCCCC(=O)N1CCCC1COC(C)C.CC(C)OCCCCNC(=O)C1CCCN1C(=O)OC(C)C.CCCCC. The lowest BCUT2D eigenvalue weighted by molar-refractivity contribution is -0.134. The van der Waals surface area contributed by atoms with Crippen molar-refractivity contribution in [1.82, 2.24) is 15.1 Å². The minimum absolute atomic E-state index is 0.0806. The number of carbonyl (C=O) groups is 3. The summed E-state index contributed by atoms with van der Waals surface area (Å²) in [5.41, 5.74) is 0. The summed E-state index contributed by atoms with van der Waals surface area (Å²) < 4.78 is 21.7. The molecule has 272 valence electrons. The number of nitrogens with zero attached hydrogens (tertiary/aromatic N) is 2. The van der Waals surface area contributed by atoms with E-state index in [0.29, 0.717) is 45.8 Å². The lowest BCUT2D eigenvalue weighted by Gasteiger charge is -2.25. The third-order valence-electron chi connectivity index (χ3n) is 7.46. The number of nitrogens with one attached hydrogen (secondary N) is 1. The Hall–Kier alpha value is -1.91. The van der Waals surface area contributed by atoms with Crippen LogP contribution in [0, 0.1) is 0 Å². The zero-order valence-electron chi connectivity index (χ0n) is 31.2. The highest BCUT2D eigenvalue weighted by Crippen LogP contribution is 2.20. The molecule has 0 bridgehead atoms. The van der Waals surface area contributed by atoms with Crippen LogP contribution < -0.4 is 5.32 Å². The van der Waals surface area contributed by atoms with Crippen molar-refractivity contribution in [2.75, 3.05) is 39.5 Å². The second kappa shape index (κ2) is 27.1. The quantitative estimate of drug-likeness (QED) is 0.156. The zero-order valence-corrected chi connectivity index (χ0v) is 31.2. The summed E-state index contributed by atoms with van der Waals surface area (Å²) in [6.45, 7) is 24.3. The lowest BCUT2D eigenvalue weighted by atomic mass is 10.2. The molecule has 10 nitrogen and oxygen atoms in total. The van der Waals surface area contributed by atoms with Gasteiger partial charge in [0.05, 0.1) is 37.1 Å². The maximum atomic E-state index is 12.2. The average Bonchev–Trinajstić information content (AvgIpc) is 3.67. The standard InChI is InChI=1S/C16H30N2O4.C15H29NO3.C5H12/c1-12(2)21-11-6-5-9-17-15(19)14-8-7-10-18(14)16(20)22-13(3)4;1-12(2)18-10-6-8-15(17)16-9-5-7-14(16)11-19-13(3)4;1-3-5-4-2/h12-14H,5-11H2,1-4H3,(H,17,19);12-14H,5-11H2,1-4H3;3-5H2,1-2H3. The first kappa shape index (κ1) is 44.1. The van der Waals surface area contributed by atoms with Gasteiger partial charge in [0.2, 0.25) is 11.8 Å². The number of likely N-dealkylation sites (tertiary alicyclic amines) is 2. The van der Waals surface area contributed by atoms with Crippen molar-refractivity contribution in [1.29, 1.82) is 0 Å². The van der Waals surface area contributed by atoms with Crippen LogP contribution in [0.15, 0.2) is 0 Å². The van der Waals surface area contributed by atoms with Crippen molar-refractivity contribution >= 4 is 17.9 Å². The second-order valence-electron chi connectivity index (χ2n) is 13.3. The topological polar surface area (TPSA) is 107 Å². The van der Waals surface area contributed by atoms with Gasteiger partial charge in [0.15, 0.2) is 0 Å². The number of unbranched alkanes of at least 4 members (excludes halogenated alkanes) is 3. The molecule has 2 unspecified atom stereocenters. The molecule has 0 aromatic carbocycles. The monoisotopic (exact) mass is 658 g/mol. The molecule has 2 saturated heterocycles. The van der Waals surface area contributed by atoms with E-state index in [1.165, 1.54) is 24.2 Å². The van der Waals surface area contributed by atoms with E-state index in [-0.39, 0.29) is 42.3 Å². The molecule has 10 heteroatoms. The van der Waals surface area contributed by atoms with Crippen LogP contribution in [0.2, 0.25) is 0 Å². The fraction of sp³-hybridized carbons (Fsp3) is 0.917. The Morgan fingerprint density at radius 3 is 1.80 bits per heavy atom. The molecule has 2 heterocycles. The molecule has 46 heavy (non-hydrogen) atoms. The first-order chi connectivity index (χ1) is 21.8. The van der Waals surface area contributed by atoms with Crippen LogP contribution in [0.25, 0.3) is 0 Å². The summed E-state index contributed by atoms with van der Waals surface area (Å²) >= 11 is 0. The Bertz CT molecular complexity index is 790. The van der Waals surface area contributed by atoms with Crippen molar-refractivity contribution in [3.05, 3.63) is 0 Å². The number of carbonyl (C=O) groups excluding carboxylic acids is 3. The van der Waals surface area contributed by atoms with Crippen LogP contribution in [0.5, 0.6) is 0 Å². The summed E-state index contributed by atoms with van der Waals surface area (Å²) in [5, 5.41) is 2.91. The van der Waals surface area contributed by atoms with Crippen molar-refractivity contribution in [2.24, 2.45) is 0 Å². The molecule has 2 rings (SSSR count). The van der Waals surface area contributed by atoms with Gasteiger partial charge in [-0.2, -0.15) is 0 Å². The van der Waals surface area contributed by atoms with Gasteiger partial charge in [-0.05, 0) is 100 Å². The van der Waals surface area contributed by atoms with Crippen LogP contribution in [0.4, 0.5) is 4.79 Å². The van der Waals surface area contributed by atoms with E-state index in [2.05, 4.69) is 19.2 Å². The van der Waals surface area contributed by atoms with E-state index in [9.17, 15) is 14.4 Å². The first-order valence-corrected chi connectivity index (χ1v) is 18.2. The fourth-order valence-electron chi connectivity index (χ4n) is 5.08. The van der Waals surface area contributed by atoms with Crippen molar-refractivity contribution in [3.8, 4) is 0 Å². The number of ether oxygens (including phenoxy) is 4. The Balaban J connectivity index is 0.000000773. The van der Waals surface area contributed by atoms with Gasteiger partial charge in [0, 0.05) is 39.3 Å². The molecular weight excluding hydrogens is 586 g/mol. The third kappa shape index (κ3) is 21.8. The predicted octanol–water partition coefficient (Wildman–Crippen LogP) is 7.12. The van der Waals surface area contributed by atoms with Gasteiger partial charge in [-0.1, -0.05) is 33.1 Å². The largest absolute Gasteiger partial charge is 0.447 e. The highest BCUT2D eigenvalue weighted by molar-refractivity contribution is 5.86. The predicted molar refractivity (Wildman–Crippen MR) is 186 cm³/mol. The minimum Gasteiger partial charge on any atom is -0.447 e. The van der Waals surface area contributed by atoms with E-state index < -0.39 is 12.1 Å². The molecule has 0 spiro atoms. The van der Waals surface area contributed by atoms with Crippen LogP contribution in [-0.4, -0.2) is 104 Å². The Labute approximate surface area is 282 Å². The van der Waals surface area contributed by atoms with Gasteiger partial charge in [0.1, 0.15) is 6.04 Å². The van der Waals surface area contributed by atoms with Crippen LogP contribution in [0.3, 0.4) is 0 Å². The third-order valence-corrected chi connectivity index (χ3v) is 7.46. The number of hydrogen-bond acceptors (Lipinski definition) is 7. The van der Waals surface area contributed by atoms with Crippen LogP contribution in [0.1, 0.15) is 140 Å². The Morgan fingerprint density at radius 1 is 0.696 bits per heavy atom. The molecule has 1 N–H and O–H groups in total. The molecule has 2 aliphatic rings. The molecular formula is C36H71N3O7. The van der Waals surface area contributed by atoms with E-state index in [4.69, 9.17) is 18.9 Å². The molecule has 2 atom stereocenters. The van der Waals surface area contributed by atoms with Gasteiger partial charge in [-0.3, -0.25) is 14.5 Å². The smallest absolute Gasteiger partial charge is 0.410 e. The highest BCUT2D eigenvalue weighted by atomic mass is 16.6. The molecule has 0 radical (unpaired) electrons. The van der Waals surface area contributed by atoms with Crippen molar-refractivity contribution in [3.63, 3.8) is 0 Å². The molecule has 0 aliphatic carbocycles. The summed E-state index contributed by atoms with van der Waals surface area (Å²) in [7, 11) is 0. The van der Waals surface area contributed by atoms with E-state index in [1.807, 2.05) is 60.3 Å². The van der Waals surface area contributed by atoms with E-state index >= 15 is 0 Å². The van der Waals surface area contributed by atoms with Gasteiger partial charge < -0.3 is 29.2 Å². The van der Waals surface area contributed by atoms with Gasteiger partial charge in [-0.15, -0.1) is 0 Å². The molecule has 2 fully saturated rings. The minimum atomic E-state index is -0.391. The normalized spacial score (nSPS) is 17.7. The van der Waals surface area contributed by atoms with E-state index in [0.717, 1.165) is 45.1 Å². The summed E-state index contributed by atoms with van der Waals surface area (Å²) in [6, 6.07) is -0.112. The summed E-state index contributed by atoms with van der Waals surface area (Å²) in [5.74, 6) is 0.171. The summed E-state index contributed by atoms with van der Waals surface area (Å²) in [6.07, 6.45) is 11.1. The van der Waals surface area contributed by atoms with Crippen LogP contribution >= 0.6 is 0 Å². The molecule has 0 aromatic rings. The number of hydrogen-bond donors (Lipinski definition) is 1. The number of amides is 3. The van der Waals surface area contributed by atoms with Gasteiger partial charge in [0.25, 0.3) is 0 Å². The molecule has 0 aromatic heterocycles. The number of rotatable bonds is 18. The van der Waals surface area contributed by atoms with Crippen LogP contribution in [-0.2, 0) is 28.5 Å². The maximum absolute atomic E-state index is 12.2. The summed E-state index contributed by atoms with van der Waals surface area (Å²) in [4.78, 5) is 39.8. The Kier molecular flexibility index (Phi) is 26.0. The van der Waals surface area contributed by atoms with Crippen molar-refractivity contribution in [2.45, 2.75) is 176 Å². The highest BCUT2D eigenvalue weighted by Gasteiger charge is 2.35. The van der Waals surface area contributed by atoms with Crippen molar-refractivity contribution < 1.29 is 33.3 Å². The average molecular weight is 658 g/mol. The fourth-order valence-corrected chi connectivity index (χ4v) is 5.08. The molecule has 3 amide bonds.